The maximum atomic E-state index is 14.3. The molecular weight excluding hydrogens is 570 g/mol. The van der Waals surface area contributed by atoms with E-state index in [-0.39, 0.29) is 53.7 Å². The van der Waals surface area contributed by atoms with E-state index in [1.807, 2.05) is 11.9 Å². The number of nitrogens with zero attached hydrogens (tertiary/aromatic N) is 1. The number of Topliss-reactive ketones (excluding diaryl/α,β-unsaturated/α-hetero) is 2. The Morgan fingerprint density at radius 2 is 1.53 bits per heavy atom. The van der Waals surface area contributed by atoms with Crippen molar-refractivity contribution in [3.05, 3.63) is 17.2 Å². The van der Waals surface area contributed by atoms with Crippen molar-refractivity contribution in [2.75, 3.05) is 34.9 Å². The molecule has 10 nitrogen and oxygen atoms in total. The number of aliphatic hydroxyl groups is 2. The second kappa shape index (κ2) is 9.09. The van der Waals surface area contributed by atoms with Crippen molar-refractivity contribution in [2.24, 2.45) is 5.92 Å². The Kier molecular flexibility index (Phi) is 6.38. The lowest BCUT2D eigenvalue weighted by molar-refractivity contribution is -0.167. The fraction of sp³-hybridized carbons (Fsp3) is 0.625. The minimum Gasteiger partial charge on any atom is -0.510 e. The topological polar surface area (TPSA) is 124 Å². The van der Waals surface area contributed by atoms with E-state index in [0.717, 1.165) is 0 Å². The third-order valence-electron chi connectivity index (χ3n) is 10.1. The summed E-state index contributed by atoms with van der Waals surface area (Å²) < 4.78 is 31.7. The number of ether oxygens (including phenoxy) is 3. The van der Waals surface area contributed by atoms with E-state index in [4.69, 9.17) is 23.1 Å². The summed E-state index contributed by atoms with van der Waals surface area (Å²) in [5, 5.41) is 24.1. The molecule has 5 unspecified atom stereocenters. The van der Waals surface area contributed by atoms with Gasteiger partial charge in [0, 0.05) is 46.3 Å². The summed E-state index contributed by atoms with van der Waals surface area (Å²) in [6.07, 6.45) is -0.249. The first-order valence-electron chi connectivity index (χ1n) is 14.8. The van der Waals surface area contributed by atoms with Crippen LogP contribution in [0.4, 0.5) is 0 Å². The van der Waals surface area contributed by atoms with E-state index in [0.29, 0.717) is 34.6 Å². The average molecular weight is 614 g/mol. The fourth-order valence-electron chi connectivity index (χ4n) is 8.18. The molecule has 0 spiro atoms. The standard InChI is InChI=1S/C32H43NO9Si/c1-29(2,3)43(30(4,5)6)41-27-22-17(12-19(38-8)26(40-10)28(22)42-43)25(39-9)24-23(27)18(34)11-16-13-31(36,20-15-33(20)7)14-21(35)32(16,24)37/h12,16,20,36-37H,11,13-15H2,1-10H3. The molecule has 1 saturated carbocycles. The van der Waals surface area contributed by atoms with E-state index in [2.05, 4.69) is 41.5 Å². The van der Waals surface area contributed by atoms with Crippen LogP contribution in [0.2, 0.25) is 10.1 Å². The molecule has 0 aromatic heterocycles. The van der Waals surface area contributed by atoms with Crippen molar-refractivity contribution in [1.29, 1.82) is 0 Å². The Labute approximate surface area is 253 Å². The lowest BCUT2D eigenvalue weighted by Gasteiger charge is -2.52. The quantitative estimate of drug-likeness (QED) is 0.377. The van der Waals surface area contributed by atoms with Crippen molar-refractivity contribution in [3.63, 3.8) is 0 Å². The van der Waals surface area contributed by atoms with Crippen LogP contribution >= 0.6 is 0 Å². The van der Waals surface area contributed by atoms with Gasteiger partial charge in [0.1, 0.15) is 11.5 Å². The minimum atomic E-state index is -3.38. The average Bonchev–Trinajstić information content (AvgIpc) is 3.66. The van der Waals surface area contributed by atoms with Gasteiger partial charge in [-0.2, -0.15) is 0 Å². The first-order valence-corrected chi connectivity index (χ1v) is 16.6. The molecule has 4 aliphatic rings. The van der Waals surface area contributed by atoms with Gasteiger partial charge in [-0.1, -0.05) is 41.5 Å². The highest BCUT2D eigenvalue weighted by molar-refractivity contribution is 6.75. The first-order chi connectivity index (χ1) is 19.9. The molecule has 0 amide bonds. The van der Waals surface area contributed by atoms with Crippen molar-refractivity contribution < 1.29 is 42.9 Å². The molecule has 0 radical (unpaired) electrons. The summed E-state index contributed by atoms with van der Waals surface area (Å²) in [6, 6.07) is 1.51. The van der Waals surface area contributed by atoms with Crippen LogP contribution in [0.5, 0.6) is 28.7 Å². The summed E-state index contributed by atoms with van der Waals surface area (Å²) in [4.78, 5) is 30.4. The molecule has 6 rings (SSSR count). The van der Waals surface area contributed by atoms with Gasteiger partial charge in [0.15, 0.2) is 28.7 Å². The second-order valence-corrected chi connectivity index (χ2v) is 19.4. The van der Waals surface area contributed by atoms with Crippen molar-refractivity contribution >= 4 is 30.9 Å². The molecule has 11 heteroatoms. The monoisotopic (exact) mass is 613 g/mol. The Morgan fingerprint density at radius 3 is 2.05 bits per heavy atom. The van der Waals surface area contributed by atoms with E-state index in [1.54, 1.807) is 6.07 Å². The molecule has 1 saturated heterocycles. The molecule has 2 aromatic carbocycles. The van der Waals surface area contributed by atoms with Crippen LogP contribution in [0.25, 0.3) is 10.8 Å². The van der Waals surface area contributed by atoms with Crippen LogP contribution in [0.3, 0.4) is 0 Å². The van der Waals surface area contributed by atoms with Gasteiger partial charge in [0.05, 0.1) is 43.9 Å². The number of carbonyl (C=O) groups excluding carboxylic acids is 2. The van der Waals surface area contributed by atoms with Crippen LogP contribution in [0.1, 0.15) is 76.7 Å². The third kappa shape index (κ3) is 3.80. The minimum absolute atomic E-state index is 0.0979. The number of likely N-dealkylation sites (N-methyl/N-ethyl adjacent to an activating group) is 1. The molecule has 2 aliphatic carbocycles. The molecule has 43 heavy (non-hydrogen) atoms. The fourth-order valence-corrected chi connectivity index (χ4v) is 12.7. The second-order valence-electron chi connectivity index (χ2n) is 14.8. The summed E-state index contributed by atoms with van der Waals surface area (Å²) >= 11 is 0. The molecule has 5 atom stereocenters. The van der Waals surface area contributed by atoms with Gasteiger partial charge in [0.2, 0.25) is 5.75 Å². The molecule has 2 heterocycles. The van der Waals surface area contributed by atoms with Gasteiger partial charge >= 0.3 is 8.56 Å². The zero-order valence-corrected chi connectivity index (χ0v) is 27.8. The van der Waals surface area contributed by atoms with Gasteiger partial charge in [-0.15, -0.1) is 0 Å². The molecular formula is C32H43NO9Si. The maximum Gasteiger partial charge on any atom is 0.471 e. The normalized spacial score (nSPS) is 31.0. The Hall–Kier alpha value is -2.86. The number of rotatable bonds is 4. The van der Waals surface area contributed by atoms with Crippen LogP contribution < -0.4 is 23.1 Å². The number of methoxy groups -OCH3 is 3. The number of ketones is 2. The van der Waals surface area contributed by atoms with Gasteiger partial charge in [-0.05, 0) is 19.5 Å². The Morgan fingerprint density at radius 1 is 0.953 bits per heavy atom. The largest absolute Gasteiger partial charge is 0.510 e. The van der Waals surface area contributed by atoms with E-state index in [9.17, 15) is 19.8 Å². The number of hydrogen-bond donors (Lipinski definition) is 2. The zero-order chi connectivity index (χ0) is 31.7. The maximum absolute atomic E-state index is 14.3. The lowest BCUT2D eigenvalue weighted by atomic mass is 9.58. The molecule has 2 aromatic rings. The SMILES string of the molecule is COc1cc2c(OC)c3c(c4c2c(c1OC)O[Si](C(C)(C)C)(C(C)(C)C)O4)C(=O)CC1CC(O)(C2CN2C)CC(=O)C31O. The zero-order valence-electron chi connectivity index (χ0n) is 26.8. The number of carbonyl (C=O) groups is 2. The smallest absolute Gasteiger partial charge is 0.471 e. The number of hydrogen-bond acceptors (Lipinski definition) is 10. The van der Waals surface area contributed by atoms with Crippen LogP contribution in [-0.2, 0) is 10.4 Å². The van der Waals surface area contributed by atoms with Gasteiger partial charge in [0.25, 0.3) is 0 Å². The van der Waals surface area contributed by atoms with Gasteiger partial charge in [-0.25, -0.2) is 0 Å². The van der Waals surface area contributed by atoms with Crippen molar-refractivity contribution in [2.45, 2.75) is 88.1 Å². The van der Waals surface area contributed by atoms with E-state index < -0.39 is 41.5 Å². The Bertz CT molecular complexity index is 1560. The highest BCUT2D eigenvalue weighted by Crippen LogP contribution is 2.65. The summed E-state index contributed by atoms with van der Waals surface area (Å²) in [7, 11) is 3.01. The summed E-state index contributed by atoms with van der Waals surface area (Å²) in [6.45, 7) is 13.0. The predicted octanol–water partition coefficient (Wildman–Crippen LogP) is 4.48. The lowest BCUT2D eigenvalue weighted by Crippen LogP contribution is -2.64. The van der Waals surface area contributed by atoms with E-state index in [1.165, 1.54) is 21.3 Å². The summed E-state index contributed by atoms with van der Waals surface area (Å²) in [5.74, 6) is -0.0874. The van der Waals surface area contributed by atoms with Gasteiger partial charge < -0.3 is 33.3 Å². The number of benzene rings is 2. The third-order valence-corrected chi connectivity index (χ3v) is 15.1. The molecule has 234 valence electrons. The number of fused-ring (bicyclic) bond motifs is 4. The molecule has 2 N–H and O–H groups in total. The highest BCUT2D eigenvalue weighted by atomic mass is 28.4. The van der Waals surface area contributed by atoms with E-state index >= 15 is 0 Å². The predicted molar refractivity (Wildman–Crippen MR) is 162 cm³/mol. The van der Waals surface area contributed by atoms with Crippen LogP contribution in [0.15, 0.2) is 6.07 Å². The Balaban J connectivity index is 1.72. The van der Waals surface area contributed by atoms with Crippen LogP contribution in [0, 0.1) is 5.92 Å². The van der Waals surface area contributed by atoms with Crippen LogP contribution in [-0.4, -0.2) is 81.8 Å². The first kappa shape index (κ1) is 30.2. The van der Waals surface area contributed by atoms with Crippen molar-refractivity contribution in [3.8, 4) is 28.7 Å². The highest BCUT2D eigenvalue weighted by Gasteiger charge is 2.67. The summed E-state index contributed by atoms with van der Waals surface area (Å²) in [5.41, 5.74) is -3.16. The molecule has 2 aliphatic heterocycles. The van der Waals surface area contributed by atoms with Crippen molar-refractivity contribution in [1.82, 2.24) is 4.90 Å². The molecule has 2 fully saturated rings. The molecule has 0 bridgehead atoms. The van der Waals surface area contributed by atoms with Gasteiger partial charge in [-0.3, -0.25) is 14.5 Å².